The third-order valence-corrected chi connectivity index (χ3v) is 5.26. The van der Waals surface area contributed by atoms with Gasteiger partial charge in [-0.2, -0.15) is 5.26 Å². The summed E-state index contributed by atoms with van der Waals surface area (Å²) < 4.78 is 0.997. The summed E-state index contributed by atoms with van der Waals surface area (Å²) in [5.74, 6) is 0.0468. The monoisotopic (exact) mass is 426 g/mol. The smallest absolute Gasteiger partial charge is 0.225 e. The first kappa shape index (κ1) is 19.4. The van der Waals surface area contributed by atoms with Crippen molar-refractivity contribution in [1.82, 2.24) is 4.90 Å². The molecule has 1 saturated heterocycles. The van der Waals surface area contributed by atoms with Crippen LogP contribution in [0.5, 0.6) is 0 Å². The summed E-state index contributed by atoms with van der Waals surface area (Å²) in [5, 5.41) is 11.9. The van der Waals surface area contributed by atoms with Crippen LogP contribution in [0.15, 0.2) is 53.0 Å². The fourth-order valence-corrected chi connectivity index (χ4v) is 3.48. The second kappa shape index (κ2) is 9.54. The summed E-state index contributed by atoms with van der Waals surface area (Å²) >= 11 is 3.39. The van der Waals surface area contributed by atoms with Gasteiger partial charge >= 0.3 is 0 Å². The Bertz CT molecular complexity index is 798. The molecule has 1 amide bonds. The summed E-state index contributed by atoms with van der Waals surface area (Å²) in [7, 11) is 0. The molecule has 1 aliphatic rings. The molecule has 0 atom stereocenters. The van der Waals surface area contributed by atoms with Crippen LogP contribution in [0, 0.1) is 11.3 Å². The highest BCUT2D eigenvalue weighted by atomic mass is 79.9. The number of anilines is 2. The zero-order valence-electron chi connectivity index (χ0n) is 15.2. The van der Waals surface area contributed by atoms with Crippen molar-refractivity contribution in [3.05, 3.63) is 58.6 Å². The lowest BCUT2D eigenvalue weighted by atomic mass is 10.2. The lowest BCUT2D eigenvalue weighted by molar-refractivity contribution is -0.116. The van der Waals surface area contributed by atoms with Crippen LogP contribution in [0.4, 0.5) is 11.4 Å². The van der Waals surface area contributed by atoms with Gasteiger partial charge in [0.2, 0.25) is 5.91 Å². The molecule has 1 N–H and O–H groups in total. The standard InChI is InChI=1S/C21H23BrN4O/c22-18-4-6-19(7-5-18)24-21(27)10-13-25-11-1-12-26(15-14-25)20-8-2-17(16-23)3-9-20/h2-9H,1,10-15H2,(H,24,27). The van der Waals surface area contributed by atoms with Gasteiger partial charge < -0.3 is 15.1 Å². The van der Waals surface area contributed by atoms with E-state index in [0.29, 0.717) is 12.0 Å². The molecule has 2 aromatic rings. The highest BCUT2D eigenvalue weighted by molar-refractivity contribution is 9.10. The van der Waals surface area contributed by atoms with E-state index in [1.807, 2.05) is 48.5 Å². The van der Waals surface area contributed by atoms with Crippen LogP contribution in [-0.4, -0.2) is 43.5 Å². The third-order valence-electron chi connectivity index (χ3n) is 4.73. The van der Waals surface area contributed by atoms with E-state index in [2.05, 4.69) is 37.1 Å². The largest absolute Gasteiger partial charge is 0.370 e. The fourth-order valence-electron chi connectivity index (χ4n) is 3.22. The molecule has 0 aliphatic carbocycles. The quantitative estimate of drug-likeness (QED) is 0.788. The SMILES string of the molecule is N#Cc1ccc(N2CCCN(CCC(=O)Nc3ccc(Br)cc3)CC2)cc1. The van der Waals surface area contributed by atoms with E-state index in [0.717, 1.165) is 55.0 Å². The van der Waals surface area contributed by atoms with Crippen molar-refractivity contribution in [1.29, 1.82) is 5.26 Å². The van der Waals surface area contributed by atoms with E-state index < -0.39 is 0 Å². The molecule has 1 fully saturated rings. The Morgan fingerprint density at radius 2 is 1.78 bits per heavy atom. The molecule has 0 unspecified atom stereocenters. The van der Waals surface area contributed by atoms with Crippen molar-refractivity contribution in [2.24, 2.45) is 0 Å². The van der Waals surface area contributed by atoms with Crippen LogP contribution in [0.2, 0.25) is 0 Å². The van der Waals surface area contributed by atoms with Gasteiger partial charge in [0, 0.05) is 48.4 Å². The van der Waals surface area contributed by atoms with E-state index in [4.69, 9.17) is 5.26 Å². The van der Waals surface area contributed by atoms with Crippen LogP contribution in [-0.2, 0) is 4.79 Å². The van der Waals surface area contributed by atoms with Gasteiger partial charge in [0.15, 0.2) is 0 Å². The Morgan fingerprint density at radius 3 is 2.48 bits per heavy atom. The van der Waals surface area contributed by atoms with Crippen molar-refractivity contribution < 1.29 is 4.79 Å². The number of carbonyl (C=O) groups is 1. The molecule has 5 nitrogen and oxygen atoms in total. The molecule has 2 aromatic carbocycles. The molecule has 1 heterocycles. The van der Waals surface area contributed by atoms with E-state index in [1.54, 1.807) is 0 Å². The second-order valence-electron chi connectivity index (χ2n) is 6.65. The Labute approximate surface area is 168 Å². The van der Waals surface area contributed by atoms with Gasteiger partial charge in [-0.25, -0.2) is 0 Å². The number of benzene rings is 2. The molecule has 0 saturated carbocycles. The van der Waals surface area contributed by atoms with Gasteiger partial charge in [0.1, 0.15) is 0 Å². The minimum Gasteiger partial charge on any atom is -0.370 e. The van der Waals surface area contributed by atoms with Gasteiger partial charge in [0.05, 0.1) is 11.6 Å². The topological polar surface area (TPSA) is 59.4 Å². The van der Waals surface area contributed by atoms with Crippen molar-refractivity contribution in [2.45, 2.75) is 12.8 Å². The van der Waals surface area contributed by atoms with E-state index in [-0.39, 0.29) is 5.91 Å². The molecule has 0 spiro atoms. The maximum absolute atomic E-state index is 12.2. The Hall–Kier alpha value is -2.36. The summed E-state index contributed by atoms with van der Waals surface area (Å²) in [4.78, 5) is 16.9. The van der Waals surface area contributed by atoms with Crippen LogP contribution in [0.1, 0.15) is 18.4 Å². The lowest BCUT2D eigenvalue weighted by Crippen LogP contribution is -2.32. The van der Waals surface area contributed by atoms with Crippen molar-refractivity contribution >= 4 is 33.2 Å². The van der Waals surface area contributed by atoms with E-state index in [1.165, 1.54) is 0 Å². The van der Waals surface area contributed by atoms with Gasteiger partial charge in [-0.05, 0) is 61.5 Å². The zero-order valence-corrected chi connectivity index (χ0v) is 16.8. The number of nitrogens with zero attached hydrogens (tertiary/aromatic N) is 3. The minimum atomic E-state index is 0.0468. The highest BCUT2D eigenvalue weighted by Gasteiger charge is 2.16. The van der Waals surface area contributed by atoms with Gasteiger partial charge in [-0.1, -0.05) is 15.9 Å². The van der Waals surface area contributed by atoms with Crippen LogP contribution < -0.4 is 10.2 Å². The Kier molecular flexibility index (Phi) is 6.86. The molecule has 0 aromatic heterocycles. The molecule has 0 bridgehead atoms. The second-order valence-corrected chi connectivity index (χ2v) is 7.56. The molecule has 140 valence electrons. The number of amides is 1. The molecule has 0 radical (unpaired) electrons. The third kappa shape index (κ3) is 5.81. The Balaban J connectivity index is 1.45. The first-order chi connectivity index (χ1) is 13.1. The van der Waals surface area contributed by atoms with Crippen LogP contribution in [0.25, 0.3) is 0 Å². The summed E-state index contributed by atoms with van der Waals surface area (Å²) in [6, 6.07) is 17.5. The predicted octanol–water partition coefficient (Wildman–Crippen LogP) is 3.86. The summed E-state index contributed by atoms with van der Waals surface area (Å²) in [6.07, 6.45) is 1.56. The average Bonchev–Trinajstić information content (AvgIpc) is 2.94. The minimum absolute atomic E-state index is 0.0468. The number of halogens is 1. The predicted molar refractivity (Wildman–Crippen MR) is 112 cm³/mol. The van der Waals surface area contributed by atoms with Crippen molar-refractivity contribution in [2.75, 3.05) is 42.9 Å². The molecule has 1 aliphatic heterocycles. The van der Waals surface area contributed by atoms with Crippen LogP contribution in [0.3, 0.4) is 0 Å². The molecule has 3 rings (SSSR count). The van der Waals surface area contributed by atoms with Gasteiger partial charge in [0.25, 0.3) is 0 Å². The lowest BCUT2D eigenvalue weighted by Gasteiger charge is -2.23. The number of hydrogen-bond donors (Lipinski definition) is 1. The molecule has 27 heavy (non-hydrogen) atoms. The van der Waals surface area contributed by atoms with Crippen LogP contribution >= 0.6 is 15.9 Å². The Morgan fingerprint density at radius 1 is 1.04 bits per heavy atom. The number of nitrogens with one attached hydrogen (secondary N) is 1. The number of carbonyl (C=O) groups excluding carboxylic acids is 1. The first-order valence-electron chi connectivity index (χ1n) is 9.17. The van der Waals surface area contributed by atoms with Crippen molar-refractivity contribution in [3.63, 3.8) is 0 Å². The molecule has 6 heteroatoms. The normalized spacial score (nSPS) is 15.0. The number of nitriles is 1. The fraction of sp³-hybridized carbons (Fsp3) is 0.333. The molecular formula is C21H23BrN4O. The maximum atomic E-state index is 12.2. The zero-order chi connectivity index (χ0) is 19.1. The summed E-state index contributed by atoms with van der Waals surface area (Å²) in [6.45, 7) is 4.63. The highest BCUT2D eigenvalue weighted by Crippen LogP contribution is 2.18. The van der Waals surface area contributed by atoms with E-state index in [9.17, 15) is 4.79 Å². The van der Waals surface area contributed by atoms with E-state index >= 15 is 0 Å². The number of rotatable bonds is 5. The average molecular weight is 427 g/mol. The van der Waals surface area contributed by atoms with Crippen molar-refractivity contribution in [3.8, 4) is 6.07 Å². The maximum Gasteiger partial charge on any atom is 0.225 e. The van der Waals surface area contributed by atoms with Gasteiger partial charge in [-0.3, -0.25) is 4.79 Å². The molecular weight excluding hydrogens is 404 g/mol. The number of hydrogen-bond acceptors (Lipinski definition) is 4. The first-order valence-corrected chi connectivity index (χ1v) is 9.96. The van der Waals surface area contributed by atoms with Gasteiger partial charge in [-0.15, -0.1) is 0 Å². The summed E-state index contributed by atoms with van der Waals surface area (Å²) in [5.41, 5.74) is 2.67.